The average Bonchev–Trinajstić information content (AvgIpc) is 3.08. The molecule has 23 heavy (non-hydrogen) atoms. The number of rotatable bonds is 3. The van der Waals surface area contributed by atoms with Crippen LogP contribution in [-0.4, -0.2) is 60.9 Å². The Balaban J connectivity index is 0.00000192. The predicted molar refractivity (Wildman–Crippen MR) is 91.8 cm³/mol. The van der Waals surface area contributed by atoms with Crippen LogP contribution in [0.4, 0.5) is 0 Å². The van der Waals surface area contributed by atoms with Gasteiger partial charge in [0.05, 0.1) is 0 Å². The van der Waals surface area contributed by atoms with Crippen LogP contribution in [0.15, 0.2) is 30.3 Å². The first-order valence-electron chi connectivity index (χ1n) is 8.07. The summed E-state index contributed by atoms with van der Waals surface area (Å²) in [6, 6.07) is 9.34. The second-order valence-corrected chi connectivity index (χ2v) is 6.10. The maximum Gasteiger partial charge on any atom is 0.253 e. The van der Waals surface area contributed by atoms with E-state index in [4.69, 9.17) is 0 Å². The van der Waals surface area contributed by atoms with Crippen molar-refractivity contribution in [2.75, 3.05) is 39.3 Å². The number of piperazine rings is 1. The standard InChI is InChI=1S/C17H23N3O2.ClH/c21-16(12-14-6-7-18-13-14)19-8-10-20(11-9-19)17(22)15-4-2-1-3-5-15;/h1-5,14,18H,6-13H2;1H. The summed E-state index contributed by atoms with van der Waals surface area (Å²) in [5, 5.41) is 3.30. The Labute approximate surface area is 143 Å². The number of nitrogens with zero attached hydrogens (tertiary/aromatic N) is 2. The maximum atomic E-state index is 12.4. The second-order valence-electron chi connectivity index (χ2n) is 6.10. The van der Waals surface area contributed by atoms with E-state index in [0.717, 1.165) is 25.1 Å². The highest BCUT2D eigenvalue weighted by atomic mass is 35.5. The third kappa shape index (κ3) is 4.45. The molecule has 1 N–H and O–H groups in total. The molecule has 0 aliphatic carbocycles. The molecule has 1 unspecified atom stereocenters. The molecule has 126 valence electrons. The van der Waals surface area contributed by atoms with Gasteiger partial charge in [-0.3, -0.25) is 9.59 Å². The normalized spacial score (nSPS) is 21.0. The molecule has 2 amide bonds. The van der Waals surface area contributed by atoms with Crippen molar-refractivity contribution >= 4 is 24.2 Å². The zero-order valence-electron chi connectivity index (χ0n) is 13.2. The molecule has 2 aliphatic rings. The van der Waals surface area contributed by atoms with Gasteiger partial charge in [-0.25, -0.2) is 0 Å². The van der Waals surface area contributed by atoms with E-state index in [-0.39, 0.29) is 24.2 Å². The van der Waals surface area contributed by atoms with Crippen molar-refractivity contribution in [2.45, 2.75) is 12.8 Å². The van der Waals surface area contributed by atoms with Crippen LogP contribution in [0.25, 0.3) is 0 Å². The molecule has 0 bridgehead atoms. The van der Waals surface area contributed by atoms with E-state index in [0.29, 0.717) is 38.5 Å². The largest absolute Gasteiger partial charge is 0.339 e. The highest BCUT2D eigenvalue weighted by molar-refractivity contribution is 5.94. The molecule has 0 saturated carbocycles. The van der Waals surface area contributed by atoms with E-state index in [1.54, 1.807) is 0 Å². The van der Waals surface area contributed by atoms with Crippen LogP contribution in [0.1, 0.15) is 23.2 Å². The zero-order valence-corrected chi connectivity index (χ0v) is 14.1. The van der Waals surface area contributed by atoms with Crippen molar-refractivity contribution in [3.05, 3.63) is 35.9 Å². The van der Waals surface area contributed by atoms with Gasteiger partial charge in [-0.05, 0) is 37.6 Å². The topological polar surface area (TPSA) is 52.7 Å². The van der Waals surface area contributed by atoms with Gasteiger partial charge in [0.1, 0.15) is 0 Å². The van der Waals surface area contributed by atoms with Crippen molar-refractivity contribution in [2.24, 2.45) is 5.92 Å². The molecule has 6 heteroatoms. The summed E-state index contributed by atoms with van der Waals surface area (Å²) < 4.78 is 0. The molecule has 1 atom stereocenters. The SMILES string of the molecule is Cl.O=C(CC1CCNC1)N1CCN(C(=O)c2ccccc2)CC1. The number of halogens is 1. The van der Waals surface area contributed by atoms with Crippen LogP contribution >= 0.6 is 12.4 Å². The first-order valence-corrected chi connectivity index (χ1v) is 8.07. The second kappa shape index (κ2) is 8.31. The van der Waals surface area contributed by atoms with E-state index in [9.17, 15) is 9.59 Å². The van der Waals surface area contributed by atoms with Gasteiger partial charge in [0, 0.05) is 38.2 Å². The monoisotopic (exact) mass is 337 g/mol. The van der Waals surface area contributed by atoms with Gasteiger partial charge >= 0.3 is 0 Å². The van der Waals surface area contributed by atoms with E-state index in [1.165, 1.54) is 0 Å². The fraction of sp³-hybridized carbons (Fsp3) is 0.529. The van der Waals surface area contributed by atoms with E-state index in [1.807, 2.05) is 40.1 Å². The summed E-state index contributed by atoms with van der Waals surface area (Å²) in [7, 11) is 0. The van der Waals surface area contributed by atoms with Crippen molar-refractivity contribution in [3.63, 3.8) is 0 Å². The molecule has 3 rings (SSSR count). The van der Waals surface area contributed by atoms with Crippen molar-refractivity contribution in [1.29, 1.82) is 0 Å². The highest BCUT2D eigenvalue weighted by Gasteiger charge is 2.27. The number of carbonyl (C=O) groups excluding carboxylic acids is 2. The average molecular weight is 338 g/mol. The molecule has 0 radical (unpaired) electrons. The molecule has 5 nitrogen and oxygen atoms in total. The number of carbonyl (C=O) groups is 2. The predicted octanol–water partition coefficient (Wildman–Crippen LogP) is 1.39. The van der Waals surface area contributed by atoms with Crippen molar-refractivity contribution in [1.82, 2.24) is 15.1 Å². The number of amides is 2. The van der Waals surface area contributed by atoms with E-state index < -0.39 is 0 Å². The highest BCUT2D eigenvalue weighted by Crippen LogP contribution is 2.15. The quantitative estimate of drug-likeness (QED) is 0.907. The molecule has 1 aromatic rings. The summed E-state index contributed by atoms with van der Waals surface area (Å²) in [5.41, 5.74) is 0.722. The fourth-order valence-electron chi connectivity index (χ4n) is 3.19. The summed E-state index contributed by atoms with van der Waals surface area (Å²) in [6.07, 6.45) is 1.73. The number of hydrogen-bond donors (Lipinski definition) is 1. The lowest BCUT2D eigenvalue weighted by atomic mass is 10.0. The molecular weight excluding hydrogens is 314 g/mol. The van der Waals surface area contributed by atoms with Crippen LogP contribution in [0.5, 0.6) is 0 Å². The Kier molecular flexibility index (Phi) is 6.42. The van der Waals surface area contributed by atoms with Crippen molar-refractivity contribution < 1.29 is 9.59 Å². The van der Waals surface area contributed by atoms with Crippen LogP contribution < -0.4 is 5.32 Å². The number of nitrogens with one attached hydrogen (secondary N) is 1. The Hall–Kier alpha value is -1.59. The fourth-order valence-corrected chi connectivity index (χ4v) is 3.19. The maximum absolute atomic E-state index is 12.4. The van der Waals surface area contributed by atoms with Crippen LogP contribution in [-0.2, 0) is 4.79 Å². The number of benzene rings is 1. The third-order valence-corrected chi connectivity index (χ3v) is 4.57. The molecule has 2 saturated heterocycles. The lowest BCUT2D eigenvalue weighted by molar-refractivity contribution is -0.133. The molecule has 2 heterocycles. The summed E-state index contributed by atoms with van der Waals surface area (Å²) >= 11 is 0. The van der Waals surface area contributed by atoms with E-state index in [2.05, 4.69) is 5.32 Å². The van der Waals surface area contributed by atoms with Crippen LogP contribution in [0.2, 0.25) is 0 Å². The first-order chi connectivity index (χ1) is 10.7. The minimum Gasteiger partial charge on any atom is -0.339 e. The van der Waals surface area contributed by atoms with Gasteiger partial charge in [-0.2, -0.15) is 0 Å². The van der Waals surface area contributed by atoms with Gasteiger partial charge in [-0.1, -0.05) is 18.2 Å². The van der Waals surface area contributed by atoms with Crippen LogP contribution in [0, 0.1) is 5.92 Å². The van der Waals surface area contributed by atoms with Gasteiger partial charge in [0.25, 0.3) is 5.91 Å². The van der Waals surface area contributed by atoms with Gasteiger partial charge < -0.3 is 15.1 Å². The molecule has 0 aromatic heterocycles. The lowest BCUT2D eigenvalue weighted by Crippen LogP contribution is -2.50. The van der Waals surface area contributed by atoms with Gasteiger partial charge in [-0.15, -0.1) is 12.4 Å². The zero-order chi connectivity index (χ0) is 15.4. The Bertz CT molecular complexity index is 524. The summed E-state index contributed by atoms with van der Waals surface area (Å²) in [5.74, 6) is 0.782. The summed E-state index contributed by atoms with van der Waals surface area (Å²) in [4.78, 5) is 28.4. The molecule has 1 aromatic carbocycles. The smallest absolute Gasteiger partial charge is 0.253 e. The van der Waals surface area contributed by atoms with E-state index >= 15 is 0 Å². The number of hydrogen-bond acceptors (Lipinski definition) is 3. The Morgan fingerprint density at radius 2 is 1.70 bits per heavy atom. The minimum atomic E-state index is 0. The first kappa shape index (κ1) is 17.8. The third-order valence-electron chi connectivity index (χ3n) is 4.57. The van der Waals surface area contributed by atoms with Gasteiger partial charge in [0.2, 0.25) is 5.91 Å². The lowest BCUT2D eigenvalue weighted by Gasteiger charge is -2.35. The van der Waals surface area contributed by atoms with Crippen LogP contribution in [0.3, 0.4) is 0 Å². The molecule has 2 aliphatic heterocycles. The van der Waals surface area contributed by atoms with Gasteiger partial charge in [0.15, 0.2) is 0 Å². The Morgan fingerprint density at radius 1 is 1.04 bits per heavy atom. The van der Waals surface area contributed by atoms with Crippen molar-refractivity contribution in [3.8, 4) is 0 Å². The minimum absolute atomic E-state index is 0. The molecule has 2 fully saturated rings. The molecule has 0 spiro atoms. The Morgan fingerprint density at radius 3 is 2.30 bits per heavy atom. The summed E-state index contributed by atoms with van der Waals surface area (Å²) in [6.45, 7) is 4.54. The molecular formula is C17H24ClN3O2.